The molecule has 0 bridgehead atoms. The average molecular weight is 252 g/mol. The van der Waals surface area contributed by atoms with Gasteiger partial charge in [0.2, 0.25) is 0 Å². The molecule has 0 heterocycles. The maximum Gasteiger partial charge on any atom is 0.265 e. The van der Waals surface area contributed by atoms with E-state index >= 15 is 0 Å². The smallest absolute Gasteiger partial charge is 0.0937 e. The summed E-state index contributed by atoms with van der Waals surface area (Å²) in [6, 6.07) is 0. The van der Waals surface area contributed by atoms with Crippen molar-refractivity contribution in [1.82, 2.24) is 0 Å². The molecule has 0 nitrogen and oxygen atoms in total. The first-order valence-electron chi connectivity index (χ1n) is 8.38. The monoisotopic (exact) mass is 252 g/mol. The maximum absolute atomic E-state index is 2.34. The first kappa shape index (κ1) is 15.6. The van der Waals surface area contributed by atoms with Crippen molar-refractivity contribution in [3.05, 3.63) is 0 Å². The van der Waals surface area contributed by atoms with Crippen molar-refractivity contribution in [2.24, 2.45) is 0 Å². The molecule has 17 heavy (non-hydrogen) atoms. The van der Waals surface area contributed by atoms with Crippen LogP contribution in [0.15, 0.2) is 0 Å². The molecule has 0 saturated heterocycles. The Labute approximate surface area is 114 Å². The van der Waals surface area contributed by atoms with Gasteiger partial charge in [0.15, 0.2) is 0 Å². The van der Waals surface area contributed by atoms with Gasteiger partial charge in [-0.05, 0) is 0 Å². The molecule has 0 unspecified atom stereocenters. The molecule has 0 radical (unpaired) electrons. The van der Waals surface area contributed by atoms with E-state index in [1.54, 1.807) is 49.1 Å². The molecule has 0 aliphatic heterocycles. The van der Waals surface area contributed by atoms with Gasteiger partial charge in [-0.3, -0.25) is 0 Å². The molecule has 0 aromatic carbocycles. The molecule has 0 aromatic rings. The van der Waals surface area contributed by atoms with Gasteiger partial charge in [0.1, 0.15) is 0 Å². The zero-order valence-electron chi connectivity index (χ0n) is 12.3. The van der Waals surface area contributed by atoms with Gasteiger partial charge >= 0.3 is 0 Å². The number of rotatable bonds is 9. The van der Waals surface area contributed by atoms with Crippen molar-refractivity contribution < 1.29 is 0 Å². The van der Waals surface area contributed by atoms with Crippen LogP contribution in [0.2, 0.25) is 15.3 Å². The highest BCUT2D eigenvalue weighted by atomic mass is 27.2. The molecule has 0 amide bonds. The van der Waals surface area contributed by atoms with Crippen LogP contribution < -0.4 is 0 Å². The molecule has 100 valence electrons. The number of hydrogen-bond acceptors (Lipinski definition) is 0. The minimum atomic E-state index is -0.378. The van der Waals surface area contributed by atoms with Crippen LogP contribution in [0.1, 0.15) is 84.5 Å². The predicted octanol–water partition coefficient (Wildman–Crippen LogP) is 6.20. The normalized spacial score (nSPS) is 17.3. The van der Waals surface area contributed by atoms with Crippen molar-refractivity contribution in [3.63, 3.8) is 0 Å². The molecule has 0 aromatic heterocycles. The Kier molecular flexibility index (Phi) is 9.59. The van der Waals surface area contributed by atoms with Crippen LogP contribution in [0.25, 0.3) is 0 Å². The second-order valence-electron chi connectivity index (χ2n) is 6.15. The highest BCUT2D eigenvalue weighted by molar-refractivity contribution is 6.60. The van der Waals surface area contributed by atoms with Gasteiger partial charge in [-0.25, -0.2) is 0 Å². The second kappa shape index (κ2) is 10.5. The summed E-state index contributed by atoms with van der Waals surface area (Å²) in [6.07, 6.45) is 16.7. The van der Waals surface area contributed by atoms with Crippen LogP contribution >= 0.6 is 0 Å². The van der Waals surface area contributed by atoms with E-state index in [9.17, 15) is 0 Å². The Morgan fingerprint density at radius 3 is 1.76 bits per heavy atom. The first-order valence-corrected chi connectivity index (χ1v) is 10.7. The molecule has 1 heteroatoms. The lowest BCUT2D eigenvalue weighted by molar-refractivity contribution is 0.492. The molecule has 1 fully saturated rings. The summed E-state index contributed by atoms with van der Waals surface area (Å²) >= 11 is -0.378. The van der Waals surface area contributed by atoms with E-state index in [4.69, 9.17) is 0 Å². The van der Waals surface area contributed by atoms with Gasteiger partial charge in [-0.15, -0.1) is 0 Å². The summed E-state index contributed by atoms with van der Waals surface area (Å²) in [6.45, 7) is 4.68. The summed E-state index contributed by atoms with van der Waals surface area (Å²) in [7, 11) is 0. The molecule has 0 atom stereocenters. The zero-order valence-corrected chi connectivity index (χ0v) is 13.5. The van der Waals surface area contributed by atoms with E-state index in [1.807, 2.05) is 0 Å². The van der Waals surface area contributed by atoms with E-state index in [1.165, 1.54) is 36.9 Å². The summed E-state index contributed by atoms with van der Waals surface area (Å²) in [4.78, 5) is 0. The summed E-state index contributed by atoms with van der Waals surface area (Å²) in [5, 5.41) is 3.34. The SMILES string of the molecule is CCCC[CH2][Al]([CH2]CCCC)[CH]1CCCCC1. The zero-order chi connectivity index (χ0) is 12.3. The largest absolute Gasteiger partial charge is 0.265 e. The van der Waals surface area contributed by atoms with Crippen molar-refractivity contribution in [3.8, 4) is 0 Å². The molecule has 1 aliphatic rings. The molecule has 0 N–H and O–H groups in total. The van der Waals surface area contributed by atoms with Crippen LogP contribution in [0.3, 0.4) is 0 Å². The van der Waals surface area contributed by atoms with Crippen LogP contribution in [-0.2, 0) is 0 Å². The van der Waals surface area contributed by atoms with E-state index in [-0.39, 0.29) is 14.1 Å². The fourth-order valence-electron chi connectivity index (χ4n) is 3.53. The van der Waals surface area contributed by atoms with Gasteiger partial charge in [0.25, 0.3) is 14.1 Å². The van der Waals surface area contributed by atoms with Crippen LogP contribution in [0.4, 0.5) is 0 Å². The summed E-state index contributed by atoms with van der Waals surface area (Å²) in [5.74, 6) is 0. The van der Waals surface area contributed by atoms with Gasteiger partial charge in [-0.1, -0.05) is 99.8 Å². The lowest BCUT2D eigenvalue weighted by atomic mass is 10.0. The molecule has 1 saturated carbocycles. The Hall–Kier alpha value is 0.532. The number of hydrogen-bond donors (Lipinski definition) is 0. The Balaban J connectivity index is 2.27. The average Bonchev–Trinajstić information content (AvgIpc) is 2.38. The van der Waals surface area contributed by atoms with Crippen molar-refractivity contribution in [2.75, 3.05) is 0 Å². The topological polar surface area (TPSA) is 0 Å². The fraction of sp³-hybridized carbons (Fsp3) is 1.00. The van der Waals surface area contributed by atoms with Gasteiger partial charge in [-0.2, -0.15) is 0 Å². The maximum atomic E-state index is 2.34. The van der Waals surface area contributed by atoms with Crippen molar-refractivity contribution >= 4 is 14.1 Å². The van der Waals surface area contributed by atoms with Crippen LogP contribution in [0.5, 0.6) is 0 Å². The van der Waals surface area contributed by atoms with E-state index < -0.39 is 0 Å². The second-order valence-corrected chi connectivity index (χ2v) is 9.77. The molecule has 1 aliphatic carbocycles. The Morgan fingerprint density at radius 1 is 0.765 bits per heavy atom. The number of unbranched alkanes of at least 4 members (excludes halogenated alkanes) is 4. The first-order chi connectivity index (χ1) is 8.38. The van der Waals surface area contributed by atoms with E-state index in [2.05, 4.69) is 13.8 Å². The third-order valence-electron chi connectivity index (χ3n) is 4.67. The highest BCUT2D eigenvalue weighted by Crippen LogP contribution is 2.35. The van der Waals surface area contributed by atoms with Crippen molar-refractivity contribution in [2.45, 2.75) is 99.8 Å². The molecule has 0 spiro atoms. The minimum absolute atomic E-state index is 0.378. The standard InChI is InChI=1S/C6H11.2C5H11.Al/c1-2-4-6-5-3-1;2*1-3-5-4-2;/h1H,2-6H2;2*1,3-5H2,2H3;. The van der Waals surface area contributed by atoms with Gasteiger partial charge < -0.3 is 0 Å². The van der Waals surface area contributed by atoms with Crippen LogP contribution in [-0.4, -0.2) is 14.1 Å². The van der Waals surface area contributed by atoms with E-state index in [0.29, 0.717) is 0 Å². The quantitative estimate of drug-likeness (QED) is 0.339. The fourth-order valence-corrected chi connectivity index (χ4v) is 7.81. The van der Waals surface area contributed by atoms with Crippen molar-refractivity contribution in [1.29, 1.82) is 0 Å². The predicted molar refractivity (Wildman–Crippen MR) is 81.3 cm³/mol. The lowest BCUT2D eigenvalue weighted by Crippen LogP contribution is -2.22. The third-order valence-corrected chi connectivity index (χ3v) is 8.97. The molecular weight excluding hydrogens is 219 g/mol. The van der Waals surface area contributed by atoms with E-state index in [0.717, 1.165) is 0 Å². The molecule has 1 rings (SSSR count). The summed E-state index contributed by atoms with van der Waals surface area (Å²) < 4.78 is 1.23. The Morgan fingerprint density at radius 2 is 1.29 bits per heavy atom. The lowest BCUT2D eigenvalue weighted by Gasteiger charge is -2.27. The van der Waals surface area contributed by atoms with Crippen LogP contribution in [0, 0.1) is 0 Å². The summed E-state index contributed by atoms with van der Waals surface area (Å²) in [5.41, 5.74) is 0. The van der Waals surface area contributed by atoms with Gasteiger partial charge in [0, 0.05) is 0 Å². The molecular formula is C16H33Al. The minimum Gasteiger partial charge on any atom is -0.0937 e. The third kappa shape index (κ3) is 6.88. The van der Waals surface area contributed by atoms with Gasteiger partial charge in [0.05, 0.1) is 0 Å². The Bertz CT molecular complexity index is 151. The highest BCUT2D eigenvalue weighted by Gasteiger charge is 2.27.